The van der Waals surface area contributed by atoms with Crippen LogP contribution in [-0.4, -0.2) is 6.03 Å². The predicted molar refractivity (Wildman–Crippen MR) is 84.0 cm³/mol. The Morgan fingerprint density at radius 3 is 2.85 bits per heavy atom. The molecule has 4 nitrogen and oxygen atoms in total. The Kier molecular flexibility index (Phi) is 4.76. The molecule has 1 unspecified atom stereocenters. The van der Waals surface area contributed by atoms with E-state index in [9.17, 15) is 4.79 Å². The molecule has 0 bridgehead atoms. The standard InChI is InChI=1S/C15H19N3OS/c1-10-8-20-9-13(10)7-17-15(19)18-14-5-3-4-12(6-14)11(2)16/h3-6,8-9,11H,7,16H2,1-2H3,(H2,17,18,19). The topological polar surface area (TPSA) is 67.2 Å². The van der Waals surface area contributed by atoms with Gasteiger partial charge in [0.25, 0.3) is 0 Å². The third kappa shape index (κ3) is 3.82. The van der Waals surface area contributed by atoms with Crippen LogP contribution in [0.5, 0.6) is 0 Å². The summed E-state index contributed by atoms with van der Waals surface area (Å²) < 4.78 is 0. The summed E-state index contributed by atoms with van der Waals surface area (Å²) in [7, 11) is 0. The second-order valence-electron chi connectivity index (χ2n) is 4.80. The van der Waals surface area contributed by atoms with Crippen molar-refractivity contribution in [2.45, 2.75) is 26.4 Å². The zero-order valence-corrected chi connectivity index (χ0v) is 12.5. The third-order valence-electron chi connectivity index (χ3n) is 3.07. The normalized spacial score (nSPS) is 11.9. The van der Waals surface area contributed by atoms with Crippen molar-refractivity contribution in [3.8, 4) is 0 Å². The van der Waals surface area contributed by atoms with E-state index in [1.807, 2.05) is 43.5 Å². The molecule has 2 aromatic rings. The van der Waals surface area contributed by atoms with Crippen LogP contribution in [-0.2, 0) is 6.54 Å². The molecule has 1 atom stereocenters. The molecule has 106 valence electrons. The maximum atomic E-state index is 11.9. The Morgan fingerprint density at radius 2 is 2.20 bits per heavy atom. The molecule has 0 saturated heterocycles. The van der Waals surface area contributed by atoms with Gasteiger partial charge in [0.2, 0.25) is 0 Å². The highest BCUT2D eigenvalue weighted by Crippen LogP contribution is 2.16. The van der Waals surface area contributed by atoms with Crippen molar-refractivity contribution < 1.29 is 4.79 Å². The number of urea groups is 1. The molecule has 20 heavy (non-hydrogen) atoms. The minimum atomic E-state index is -0.211. The lowest BCUT2D eigenvalue weighted by molar-refractivity contribution is 0.251. The van der Waals surface area contributed by atoms with Gasteiger partial charge in [-0.25, -0.2) is 4.79 Å². The Morgan fingerprint density at radius 1 is 1.40 bits per heavy atom. The number of nitrogens with one attached hydrogen (secondary N) is 2. The quantitative estimate of drug-likeness (QED) is 0.807. The first-order chi connectivity index (χ1) is 9.56. The first-order valence-corrected chi connectivity index (χ1v) is 7.42. The third-order valence-corrected chi connectivity index (χ3v) is 3.98. The molecular weight excluding hydrogens is 270 g/mol. The van der Waals surface area contributed by atoms with Gasteiger partial charge in [-0.1, -0.05) is 12.1 Å². The van der Waals surface area contributed by atoms with Crippen molar-refractivity contribution in [1.29, 1.82) is 0 Å². The Hall–Kier alpha value is -1.85. The van der Waals surface area contributed by atoms with Gasteiger partial charge in [0.15, 0.2) is 0 Å². The zero-order valence-electron chi connectivity index (χ0n) is 11.6. The molecule has 0 spiro atoms. The molecule has 1 heterocycles. The minimum absolute atomic E-state index is 0.0479. The van der Waals surface area contributed by atoms with Crippen molar-refractivity contribution in [3.05, 3.63) is 51.7 Å². The fourth-order valence-electron chi connectivity index (χ4n) is 1.82. The lowest BCUT2D eigenvalue weighted by Gasteiger charge is -2.10. The molecule has 2 rings (SSSR count). The Labute approximate surface area is 123 Å². The minimum Gasteiger partial charge on any atom is -0.334 e. The summed E-state index contributed by atoms with van der Waals surface area (Å²) in [6.07, 6.45) is 0. The van der Waals surface area contributed by atoms with E-state index in [2.05, 4.69) is 16.0 Å². The van der Waals surface area contributed by atoms with Crippen LogP contribution in [0.1, 0.15) is 29.7 Å². The lowest BCUT2D eigenvalue weighted by Crippen LogP contribution is -2.28. The number of aryl methyl sites for hydroxylation is 1. The van der Waals surface area contributed by atoms with Crippen molar-refractivity contribution in [1.82, 2.24) is 5.32 Å². The molecule has 0 fully saturated rings. The van der Waals surface area contributed by atoms with Crippen molar-refractivity contribution in [2.24, 2.45) is 5.73 Å². The molecule has 1 aromatic heterocycles. The number of rotatable bonds is 4. The molecule has 5 heteroatoms. The number of hydrogen-bond acceptors (Lipinski definition) is 3. The van der Waals surface area contributed by atoms with Crippen molar-refractivity contribution >= 4 is 23.1 Å². The molecule has 4 N–H and O–H groups in total. The highest BCUT2D eigenvalue weighted by Gasteiger charge is 2.05. The summed E-state index contributed by atoms with van der Waals surface area (Å²) in [5, 5.41) is 9.78. The second-order valence-corrected chi connectivity index (χ2v) is 5.55. The molecule has 0 radical (unpaired) electrons. The monoisotopic (exact) mass is 289 g/mol. The number of carbonyl (C=O) groups excluding carboxylic acids is 1. The van der Waals surface area contributed by atoms with E-state index >= 15 is 0 Å². The zero-order chi connectivity index (χ0) is 14.5. The fourth-order valence-corrected chi connectivity index (χ4v) is 2.68. The van der Waals surface area contributed by atoms with Gasteiger partial charge in [0.1, 0.15) is 0 Å². The maximum absolute atomic E-state index is 11.9. The maximum Gasteiger partial charge on any atom is 0.319 e. The number of amides is 2. The summed E-state index contributed by atoms with van der Waals surface area (Å²) in [5.74, 6) is 0. The average Bonchev–Trinajstić information content (AvgIpc) is 2.82. The van der Waals surface area contributed by atoms with Gasteiger partial charge >= 0.3 is 6.03 Å². The van der Waals surface area contributed by atoms with Crippen molar-refractivity contribution in [3.63, 3.8) is 0 Å². The van der Waals surface area contributed by atoms with Crippen LogP contribution in [0, 0.1) is 6.92 Å². The van der Waals surface area contributed by atoms with E-state index in [1.165, 1.54) is 5.56 Å². The van der Waals surface area contributed by atoms with Gasteiger partial charge in [0.05, 0.1) is 0 Å². The van der Waals surface area contributed by atoms with Crippen LogP contribution < -0.4 is 16.4 Å². The Balaban J connectivity index is 1.91. The highest BCUT2D eigenvalue weighted by atomic mass is 32.1. The number of hydrogen-bond donors (Lipinski definition) is 3. The van der Waals surface area contributed by atoms with E-state index in [0.717, 1.165) is 16.8 Å². The molecular formula is C15H19N3OS. The molecule has 0 aliphatic carbocycles. The van der Waals surface area contributed by atoms with E-state index in [-0.39, 0.29) is 12.1 Å². The second kappa shape index (κ2) is 6.54. The lowest BCUT2D eigenvalue weighted by atomic mass is 10.1. The Bertz CT molecular complexity index is 592. The molecule has 0 saturated carbocycles. The summed E-state index contributed by atoms with van der Waals surface area (Å²) in [5.41, 5.74) is 9.92. The number of benzene rings is 1. The number of thiophene rings is 1. The summed E-state index contributed by atoms with van der Waals surface area (Å²) in [6, 6.07) is 7.31. The van der Waals surface area contributed by atoms with Gasteiger partial charge in [-0.15, -0.1) is 0 Å². The van der Waals surface area contributed by atoms with E-state index in [0.29, 0.717) is 6.54 Å². The van der Waals surface area contributed by atoms with Crippen LogP contribution in [0.2, 0.25) is 0 Å². The van der Waals surface area contributed by atoms with Crippen LogP contribution in [0.25, 0.3) is 0 Å². The smallest absolute Gasteiger partial charge is 0.319 e. The largest absolute Gasteiger partial charge is 0.334 e. The van der Waals surface area contributed by atoms with E-state index in [4.69, 9.17) is 5.73 Å². The number of carbonyl (C=O) groups is 1. The predicted octanol–water partition coefficient (Wildman–Crippen LogP) is 3.40. The molecule has 2 amide bonds. The van der Waals surface area contributed by atoms with Gasteiger partial charge in [-0.2, -0.15) is 11.3 Å². The van der Waals surface area contributed by atoms with Gasteiger partial charge < -0.3 is 16.4 Å². The van der Waals surface area contributed by atoms with Gasteiger partial charge in [-0.05, 0) is 53.4 Å². The molecule has 0 aliphatic heterocycles. The average molecular weight is 289 g/mol. The SMILES string of the molecule is Cc1cscc1CNC(=O)Nc1cccc(C(C)N)c1. The fraction of sp³-hybridized carbons (Fsp3) is 0.267. The van der Waals surface area contributed by atoms with Crippen LogP contribution in [0.4, 0.5) is 10.5 Å². The van der Waals surface area contributed by atoms with Crippen LogP contribution in [0.3, 0.4) is 0 Å². The molecule has 1 aromatic carbocycles. The van der Waals surface area contributed by atoms with Crippen molar-refractivity contribution in [2.75, 3.05) is 5.32 Å². The van der Waals surface area contributed by atoms with E-state index in [1.54, 1.807) is 11.3 Å². The number of anilines is 1. The first kappa shape index (κ1) is 14.6. The summed E-state index contributed by atoms with van der Waals surface area (Å²) in [6.45, 7) is 4.49. The van der Waals surface area contributed by atoms with E-state index < -0.39 is 0 Å². The highest BCUT2D eigenvalue weighted by molar-refractivity contribution is 7.08. The number of nitrogens with two attached hydrogens (primary N) is 1. The summed E-state index contributed by atoms with van der Waals surface area (Å²) in [4.78, 5) is 11.9. The van der Waals surface area contributed by atoms with Crippen LogP contribution in [0.15, 0.2) is 35.0 Å². The van der Waals surface area contributed by atoms with Crippen LogP contribution >= 0.6 is 11.3 Å². The van der Waals surface area contributed by atoms with Gasteiger partial charge in [0, 0.05) is 18.3 Å². The first-order valence-electron chi connectivity index (χ1n) is 6.48. The van der Waals surface area contributed by atoms with Gasteiger partial charge in [-0.3, -0.25) is 0 Å². The molecule has 0 aliphatic rings. The summed E-state index contributed by atoms with van der Waals surface area (Å²) >= 11 is 1.64.